The third-order valence-corrected chi connectivity index (χ3v) is 6.07. The standard InChI is InChI=1S/C21H20BrN4S/c1-3-25-14-18(22)27-21(25)24-23-19-16-12-8-9-13-17(16)26(4-2)20(19)15-10-6-5-7-11-15/h5-14H,3-4H2,1-2H3/q+1. The van der Waals surface area contributed by atoms with Crippen molar-refractivity contribution in [2.24, 2.45) is 10.2 Å². The van der Waals surface area contributed by atoms with Crippen molar-refractivity contribution in [2.75, 3.05) is 0 Å². The highest BCUT2D eigenvalue weighted by atomic mass is 79.9. The number of rotatable bonds is 5. The third-order valence-electron chi connectivity index (χ3n) is 4.58. The highest BCUT2D eigenvalue weighted by Gasteiger charge is 2.20. The van der Waals surface area contributed by atoms with Gasteiger partial charge in [0.2, 0.25) is 0 Å². The number of hydrogen-bond acceptors (Lipinski definition) is 3. The number of aromatic nitrogens is 2. The van der Waals surface area contributed by atoms with Crippen LogP contribution in [0.25, 0.3) is 22.2 Å². The van der Waals surface area contributed by atoms with Crippen molar-refractivity contribution in [1.29, 1.82) is 0 Å². The number of hydrogen-bond donors (Lipinski definition) is 0. The zero-order chi connectivity index (χ0) is 18.8. The summed E-state index contributed by atoms with van der Waals surface area (Å²) < 4.78 is 5.47. The van der Waals surface area contributed by atoms with Gasteiger partial charge in [0.05, 0.1) is 22.9 Å². The van der Waals surface area contributed by atoms with Gasteiger partial charge in [-0.25, -0.2) is 4.57 Å². The average Bonchev–Trinajstić information content (AvgIpc) is 3.23. The van der Waals surface area contributed by atoms with Crippen LogP contribution < -0.4 is 4.57 Å². The fourth-order valence-electron chi connectivity index (χ4n) is 3.35. The quantitative estimate of drug-likeness (QED) is 0.240. The molecule has 0 spiro atoms. The van der Waals surface area contributed by atoms with Gasteiger partial charge in [-0.1, -0.05) is 48.5 Å². The molecular formula is C21H20BrN4S+. The predicted octanol–water partition coefficient (Wildman–Crippen LogP) is 6.88. The first-order valence-corrected chi connectivity index (χ1v) is 10.6. The molecule has 6 heteroatoms. The van der Waals surface area contributed by atoms with E-state index in [1.54, 1.807) is 11.3 Å². The molecule has 0 N–H and O–H groups in total. The first-order valence-electron chi connectivity index (χ1n) is 9.00. The summed E-state index contributed by atoms with van der Waals surface area (Å²) in [5.74, 6) is 0. The number of nitrogens with zero attached hydrogens (tertiary/aromatic N) is 4. The Hall–Kier alpha value is -2.31. The van der Waals surface area contributed by atoms with Crippen molar-refractivity contribution in [1.82, 2.24) is 4.57 Å². The van der Waals surface area contributed by atoms with Crippen molar-refractivity contribution in [3.63, 3.8) is 0 Å². The zero-order valence-electron chi connectivity index (χ0n) is 15.3. The summed E-state index contributed by atoms with van der Waals surface area (Å²) in [4.78, 5) is 0. The summed E-state index contributed by atoms with van der Waals surface area (Å²) in [6.45, 7) is 6.01. The van der Waals surface area contributed by atoms with Gasteiger partial charge in [0.15, 0.2) is 0 Å². The second-order valence-corrected chi connectivity index (χ2v) is 8.52. The monoisotopic (exact) mass is 439 g/mol. The lowest BCUT2D eigenvalue weighted by atomic mass is 10.1. The molecule has 27 heavy (non-hydrogen) atoms. The normalized spacial score (nSPS) is 11.7. The lowest BCUT2D eigenvalue weighted by molar-refractivity contribution is -0.677. The Morgan fingerprint density at radius 2 is 1.74 bits per heavy atom. The molecule has 0 unspecified atom stereocenters. The first-order chi connectivity index (χ1) is 13.2. The van der Waals surface area contributed by atoms with E-state index in [2.05, 4.69) is 92.6 Å². The molecule has 0 amide bonds. The van der Waals surface area contributed by atoms with E-state index >= 15 is 0 Å². The van der Waals surface area contributed by atoms with E-state index in [1.807, 2.05) is 12.3 Å². The number of fused-ring (bicyclic) bond motifs is 1. The van der Waals surface area contributed by atoms with Gasteiger partial charge >= 0.3 is 5.13 Å². The topological polar surface area (TPSA) is 33.5 Å². The molecule has 0 aliphatic rings. The molecule has 0 atom stereocenters. The number of azo groups is 1. The Morgan fingerprint density at radius 1 is 1.00 bits per heavy atom. The summed E-state index contributed by atoms with van der Waals surface area (Å²) >= 11 is 5.14. The highest BCUT2D eigenvalue weighted by Crippen LogP contribution is 2.41. The van der Waals surface area contributed by atoms with Gasteiger partial charge in [-0.05, 0) is 52.3 Å². The van der Waals surface area contributed by atoms with Gasteiger partial charge in [0, 0.05) is 17.5 Å². The van der Waals surface area contributed by atoms with E-state index in [4.69, 9.17) is 5.11 Å². The first kappa shape index (κ1) is 18.1. The molecule has 4 rings (SSSR count). The van der Waals surface area contributed by atoms with Crippen LogP contribution in [0.1, 0.15) is 13.8 Å². The molecular weight excluding hydrogens is 420 g/mol. The summed E-state index contributed by atoms with van der Waals surface area (Å²) in [5.41, 5.74) is 4.37. The van der Waals surface area contributed by atoms with Gasteiger partial charge in [0.25, 0.3) is 0 Å². The Kier molecular flexibility index (Phi) is 5.18. The van der Waals surface area contributed by atoms with Crippen molar-refractivity contribution in [3.05, 3.63) is 64.6 Å². The predicted molar refractivity (Wildman–Crippen MR) is 115 cm³/mol. The molecule has 0 bridgehead atoms. The molecule has 136 valence electrons. The fourth-order valence-corrected chi connectivity index (χ4v) is 4.77. The van der Waals surface area contributed by atoms with Gasteiger partial charge in [0.1, 0.15) is 15.7 Å². The summed E-state index contributed by atoms with van der Waals surface area (Å²) in [5, 5.41) is 11.4. The molecule has 2 heterocycles. The van der Waals surface area contributed by atoms with Crippen LogP contribution in [0.15, 0.2) is 74.8 Å². The van der Waals surface area contributed by atoms with Crippen LogP contribution in [-0.4, -0.2) is 4.57 Å². The summed E-state index contributed by atoms with van der Waals surface area (Å²) in [6, 6.07) is 18.8. The van der Waals surface area contributed by atoms with E-state index < -0.39 is 0 Å². The SMILES string of the molecule is CCn1c(-c2ccccc2)c(N=Nc2sc(Br)c[n+]2CC)c2ccccc21. The maximum Gasteiger partial charge on any atom is 0.409 e. The summed E-state index contributed by atoms with van der Waals surface area (Å²) in [6.07, 6.45) is 2.05. The molecule has 4 aromatic rings. The van der Waals surface area contributed by atoms with Crippen molar-refractivity contribution >= 4 is 49.0 Å². The van der Waals surface area contributed by atoms with Crippen molar-refractivity contribution in [3.8, 4) is 11.3 Å². The van der Waals surface area contributed by atoms with Crippen LogP contribution >= 0.6 is 27.3 Å². The van der Waals surface area contributed by atoms with Gasteiger partial charge < -0.3 is 4.57 Å². The third kappa shape index (κ3) is 3.35. The largest absolute Gasteiger partial charge is 0.409 e. The Labute approximate surface area is 170 Å². The van der Waals surface area contributed by atoms with Crippen molar-refractivity contribution in [2.45, 2.75) is 26.9 Å². The van der Waals surface area contributed by atoms with Crippen LogP contribution in [0.4, 0.5) is 10.8 Å². The molecule has 0 fully saturated rings. The minimum Gasteiger partial charge on any atom is -0.339 e. The average molecular weight is 440 g/mol. The Bertz CT molecular complexity index is 1110. The second-order valence-electron chi connectivity index (χ2n) is 6.13. The number of aryl methyl sites for hydroxylation is 2. The van der Waals surface area contributed by atoms with Crippen LogP contribution in [0, 0.1) is 0 Å². The van der Waals surface area contributed by atoms with Gasteiger partial charge in [-0.2, -0.15) is 0 Å². The molecule has 0 saturated carbocycles. The zero-order valence-corrected chi connectivity index (χ0v) is 17.7. The van der Waals surface area contributed by atoms with Gasteiger partial charge in [-0.15, -0.1) is 0 Å². The smallest absolute Gasteiger partial charge is 0.339 e. The van der Waals surface area contributed by atoms with Crippen LogP contribution in [0.3, 0.4) is 0 Å². The van der Waals surface area contributed by atoms with Crippen LogP contribution in [0.2, 0.25) is 0 Å². The number of benzene rings is 2. The Balaban J connectivity index is 1.95. The molecule has 0 radical (unpaired) electrons. The number of para-hydroxylation sites is 1. The fraction of sp³-hybridized carbons (Fsp3) is 0.190. The molecule has 0 saturated heterocycles. The van der Waals surface area contributed by atoms with Crippen LogP contribution in [-0.2, 0) is 13.1 Å². The maximum absolute atomic E-state index is 4.74. The highest BCUT2D eigenvalue weighted by molar-refractivity contribution is 9.11. The second kappa shape index (κ2) is 7.74. The summed E-state index contributed by atoms with van der Waals surface area (Å²) in [7, 11) is 0. The maximum atomic E-state index is 4.74. The molecule has 2 aromatic heterocycles. The number of halogens is 1. The van der Waals surface area contributed by atoms with Gasteiger partial charge in [-0.3, -0.25) is 0 Å². The van der Waals surface area contributed by atoms with E-state index in [0.29, 0.717) is 0 Å². The van der Waals surface area contributed by atoms with E-state index in [0.717, 1.165) is 44.3 Å². The Morgan fingerprint density at radius 3 is 2.48 bits per heavy atom. The van der Waals surface area contributed by atoms with Crippen LogP contribution in [0.5, 0.6) is 0 Å². The van der Waals surface area contributed by atoms with E-state index in [9.17, 15) is 0 Å². The van der Waals surface area contributed by atoms with E-state index in [1.165, 1.54) is 5.52 Å². The lowest BCUT2D eigenvalue weighted by Crippen LogP contribution is -2.28. The molecule has 0 aliphatic heterocycles. The minimum absolute atomic E-state index is 0.860. The molecule has 2 aromatic carbocycles. The number of thiazole rings is 1. The van der Waals surface area contributed by atoms with Crippen molar-refractivity contribution < 1.29 is 4.57 Å². The van der Waals surface area contributed by atoms with E-state index in [-0.39, 0.29) is 0 Å². The minimum atomic E-state index is 0.860. The molecule has 4 nitrogen and oxygen atoms in total. The lowest BCUT2D eigenvalue weighted by Gasteiger charge is -2.08. The molecule has 0 aliphatic carbocycles.